The van der Waals surface area contributed by atoms with E-state index >= 15 is 0 Å². The van der Waals surface area contributed by atoms with Crippen LogP contribution in [0.2, 0.25) is 0 Å². The van der Waals surface area contributed by atoms with Crippen LogP contribution in [-0.2, 0) is 10.2 Å². The van der Waals surface area contributed by atoms with Crippen molar-refractivity contribution in [3.05, 3.63) is 0 Å². The largest absolute Gasteiger partial charge is 0.330 e. The van der Waals surface area contributed by atoms with Gasteiger partial charge in [-0.1, -0.05) is 26.7 Å². The van der Waals surface area contributed by atoms with Gasteiger partial charge >= 0.3 is 0 Å². The van der Waals surface area contributed by atoms with Crippen molar-refractivity contribution in [2.45, 2.75) is 58.9 Å². The Bertz CT molecular complexity index is 363. The Labute approximate surface area is 124 Å². The second-order valence-corrected chi connectivity index (χ2v) is 8.13. The lowest BCUT2D eigenvalue weighted by atomic mass is 9.99. The number of hydrogen-bond donors (Lipinski definition) is 2. The molecule has 6 heteroatoms. The first kappa shape index (κ1) is 17.9. The Kier molecular flexibility index (Phi) is 7.43. The van der Waals surface area contributed by atoms with Gasteiger partial charge in [0.15, 0.2) is 0 Å². The predicted octanol–water partition coefficient (Wildman–Crippen LogP) is 1.71. The molecule has 1 atom stereocenters. The van der Waals surface area contributed by atoms with Crippen molar-refractivity contribution in [3.8, 4) is 0 Å². The first-order chi connectivity index (χ1) is 9.35. The van der Waals surface area contributed by atoms with Crippen LogP contribution in [0.1, 0.15) is 52.9 Å². The minimum atomic E-state index is -3.32. The van der Waals surface area contributed by atoms with Gasteiger partial charge in [-0.25, -0.2) is 0 Å². The lowest BCUT2D eigenvalue weighted by molar-refractivity contribution is 0.274. The molecule has 0 amide bonds. The highest BCUT2D eigenvalue weighted by Crippen LogP contribution is 2.18. The summed E-state index contributed by atoms with van der Waals surface area (Å²) in [5.74, 6) is 1.15. The summed E-state index contributed by atoms with van der Waals surface area (Å²) < 4.78 is 28.9. The summed E-state index contributed by atoms with van der Waals surface area (Å²) >= 11 is 0. The normalized spacial score (nSPS) is 20.4. The highest BCUT2D eigenvalue weighted by Gasteiger charge is 2.28. The number of hydrogen-bond acceptors (Lipinski definition) is 3. The highest BCUT2D eigenvalue weighted by molar-refractivity contribution is 7.87. The maximum Gasteiger partial charge on any atom is 0.279 e. The molecule has 0 aromatic rings. The minimum absolute atomic E-state index is 0.00554. The quantitative estimate of drug-likeness (QED) is 0.717. The van der Waals surface area contributed by atoms with Crippen LogP contribution in [0.3, 0.4) is 0 Å². The second-order valence-electron chi connectivity index (χ2n) is 6.43. The van der Waals surface area contributed by atoms with Gasteiger partial charge in [0.25, 0.3) is 10.2 Å². The van der Waals surface area contributed by atoms with Crippen LogP contribution in [-0.4, -0.2) is 38.4 Å². The average Bonchev–Trinajstić information content (AvgIpc) is 2.37. The molecule has 1 unspecified atom stereocenters. The van der Waals surface area contributed by atoms with E-state index in [0.29, 0.717) is 31.5 Å². The van der Waals surface area contributed by atoms with Crippen LogP contribution in [0.25, 0.3) is 0 Å². The molecular weight excluding hydrogens is 274 g/mol. The molecule has 0 bridgehead atoms. The molecule has 0 saturated carbocycles. The van der Waals surface area contributed by atoms with E-state index in [1.54, 1.807) is 4.31 Å². The standard InChI is InChI=1S/C14H31N3O2S/c1-12(2)5-4-6-13(3)16-20(18,19)17-9-7-14(11-15)8-10-17/h12-14,16H,4-11,15H2,1-3H3. The van der Waals surface area contributed by atoms with E-state index in [0.717, 1.165) is 32.1 Å². The van der Waals surface area contributed by atoms with Crippen molar-refractivity contribution in [3.63, 3.8) is 0 Å². The van der Waals surface area contributed by atoms with Gasteiger partial charge in [0.05, 0.1) is 0 Å². The van der Waals surface area contributed by atoms with Crippen LogP contribution in [0, 0.1) is 11.8 Å². The molecule has 120 valence electrons. The van der Waals surface area contributed by atoms with Crippen LogP contribution < -0.4 is 10.5 Å². The van der Waals surface area contributed by atoms with Gasteiger partial charge in [0, 0.05) is 19.1 Å². The third-order valence-corrected chi connectivity index (χ3v) is 5.76. The smallest absolute Gasteiger partial charge is 0.279 e. The van der Waals surface area contributed by atoms with Crippen molar-refractivity contribution in [2.75, 3.05) is 19.6 Å². The van der Waals surface area contributed by atoms with Gasteiger partial charge in [-0.15, -0.1) is 0 Å². The molecule has 1 heterocycles. The summed E-state index contributed by atoms with van der Waals surface area (Å²) in [6.07, 6.45) is 4.86. The summed E-state index contributed by atoms with van der Waals surface area (Å²) in [4.78, 5) is 0. The zero-order valence-corrected chi connectivity index (χ0v) is 14.0. The fourth-order valence-corrected chi connectivity index (χ4v) is 4.07. The molecule has 1 aliphatic heterocycles. The van der Waals surface area contributed by atoms with E-state index in [4.69, 9.17) is 5.73 Å². The summed E-state index contributed by atoms with van der Waals surface area (Å²) in [5, 5.41) is 0. The van der Waals surface area contributed by atoms with Crippen LogP contribution >= 0.6 is 0 Å². The zero-order chi connectivity index (χ0) is 15.2. The van der Waals surface area contributed by atoms with Gasteiger partial charge in [0.2, 0.25) is 0 Å². The van der Waals surface area contributed by atoms with Gasteiger partial charge in [0.1, 0.15) is 0 Å². The minimum Gasteiger partial charge on any atom is -0.330 e. The van der Waals surface area contributed by atoms with E-state index in [1.807, 2.05) is 6.92 Å². The average molecular weight is 305 g/mol. The fourth-order valence-electron chi connectivity index (χ4n) is 2.61. The van der Waals surface area contributed by atoms with Crippen LogP contribution in [0.5, 0.6) is 0 Å². The van der Waals surface area contributed by atoms with E-state index in [2.05, 4.69) is 18.6 Å². The lowest BCUT2D eigenvalue weighted by Gasteiger charge is -2.31. The van der Waals surface area contributed by atoms with Crippen molar-refractivity contribution in [1.29, 1.82) is 0 Å². The van der Waals surface area contributed by atoms with Crippen LogP contribution in [0.15, 0.2) is 0 Å². The number of nitrogens with zero attached hydrogens (tertiary/aromatic N) is 1. The van der Waals surface area contributed by atoms with Gasteiger partial charge in [-0.3, -0.25) is 0 Å². The van der Waals surface area contributed by atoms with E-state index in [1.165, 1.54) is 0 Å². The number of rotatable bonds is 8. The topological polar surface area (TPSA) is 75.4 Å². The molecule has 5 nitrogen and oxygen atoms in total. The van der Waals surface area contributed by atoms with Gasteiger partial charge in [-0.05, 0) is 44.6 Å². The maximum absolute atomic E-state index is 12.3. The van der Waals surface area contributed by atoms with Gasteiger partial charge in [-0.2, -0.15) is 17.4 Å². The molecule has 0 aliphatic carbocycles. The van der Waals surface area contributed by atoms with E-state index in [-0.39, 0.29) is 6.04 Å². The Hall–Kier alpha value is -0.170. The number of piperidine rings is 1. The molecule has 1 fully saturated rings. The fraction of sp³-hybridized carbons (Fsp3) is 1.00. The molecule has 0 radical (unpaired) electrons. The SMILES string of the molecule is CC(C)CCCC(C)NS(=O)(=O)N1CCC(CN)CC1. The number of nitrogens with one attached hydrogen (secondary N) is 1. The maximum atomic E-state index is 12.3. The Morgan fingerprint density at radius 3 is 2.30 bits per heavy atom. The number of nitrogens with two attached hydrogens (primary N) is 1. The molecule has 3 N–H and O–H groups in total. The molecule has 0 aromatic heterocycles. The Morgan fingerprint density at radius 1 is 1.20 bits per heavy atom. The lowest BCUT2D eigenvalue weighted by Crippen LogP contribution is -2.48. The zero-order valence-electron chi connectivity index (χ0n) is 13.1. The second kappa shape index (κ2) is 8.32. The van der Waals surface area contributed by atoms with Crippen molar-refractivity contribution >= 4 is 10.2 Å². The van der Waals surface area contributed by atoms with Crippen LogP contribution in [0.4, 0.5) is 0 Å². The summed E-state index contributed by atoms with van der Waals surface area (Å²) in [7, 11) is -3.32. The van der Waals surface area contributed by atoms with Crippen molar-refractivity contribution < 1.29 is 8.42 Å². The van der Waals surface area contributed by atoms with Gasteiger partial charge < -0.3 is 5.73 Å². The molecular formula is C14H31N3O2S. The molecule has 0 aromatic carbocycles. The molecule has 1 saturated heterocycles. The first-order valence-electron chi connectivity index (χ1n) is 7.82. The van der Waals surface area contributed by atoms with Crippen molar-refractivity contribution in [1.82, 2.24) is 9.03 Å². The molecule has 20 heavy (non-hydrogen) atoms. The Balaban J connectivity index is 2.37. The summed E-state index contributed by atoms with van der Waals surface area (Å²) in [6, 6.07) is 0.00554. The summed E-state index contributed by atoms with van der Waals surface area (Å²) in [6.45, 7) is 8.18. The van der Waals surface area contributed by atoms with Crippen molar-refractivity contribution in [2.24, 2.45) is 17.6 Å². The summed E-state index contributed by atoms with van der Waals surface area (Å²) in [5.41, 5.74) is 5.63. The molecule has 0 spiro atoms. The monoisotopic (exact) mass is 305 g/mol. The van der Waals surface area contributed by atoms with E-state index < -0.39 is 10.2 Å². The predicted molar refractivity (Wildman–Crippen MR) is 83.6 cm³/mol. The third kappa shape index (κ3) is 6.08. The third-order valence-electron chi connectivity index (χ3n) is 4.02. The molecule has 1 rings (SSSR count). The van der Waals surface area contributed by atoms with E-state index in [9.17, 15) is 8.42 Å². The Morgan fingerprint density at radius 2 is 1.80 bits per heavy atom. The highest BCUT2D eigenvalue weighted by atomic mass is 32.2. The molecule has 1 aliphatic rings. The first-order valence-corrected chi connectivity index (χ1v) is 9.26.